The van der Waals surface area contributed by atoms with E-state index in [1.807, 2.05) is 6.07 Å². The first-order valence-electron chi connectivity index (χ1n) is 10.2. The number of nitriles is 1. The fourth-order valence-electron chi connectivity index (χ4n) is 4.04. The SMILES string of the molecule is CN(c1c2c(c(O)c3ncccc13)C(=O)N(Cc1ccc(F)cc1)C2)S(=O)(=O)CCCC#N. The lowest BCUT2D eigenvalue weighted by Crippen LogP contribution is -2.30. The Kier molecular flexibility index (Phi) is 5.91. The number of hydrogen-bond acceptors (Lipinski definition) is 6. The van der Waals surface area contributed by atoms with E-state index < -0.39 is 21.7 Å². The second-order valence-corrected chi connectivity index (χ2v) is 9.90. The summed E-state index contributed by atoms with van der Waals surface area (Å²) < 4.78 is 40.4. The van der Waals surface area contributed by atoms with Crippen molar-refractivity contribution < 1.29 is 22.7 Å². The second kappa shape index (κ2) is 8.67. The van der Waals surface area contributed by atoms with Crippen molar-refractivity contribution in [3.8, 4) is 11.8 Å². The molecule has 3 aromatic rings. The molecule has 33 heavy (non-hydrogen) atoms. The van der Waals surface area contributed by atoms with E-state index >= 15 is 0 Å². The third-order valence-electron chi connectivity index (χ3n) is 5.67. The molecule has 0 unspecified atom stereocenters. The predicted octanol–water partition coefficient (Wildman–Crippen LogP) is 3.31. The van der Waals surface area contributed by atoms with E-state index in [9.17, 15) is 22.7 Å². The summed E-state index contributed by atoms with van der Waals surface area (Å²) in [4.78, 5) is 18.9. The molecule has 0 fully saturated rings. The Labute approximate surface area is 190 Å². The molecule has 4 rings (SSSR count). The van der Waals surface area contributed by atoms with Gasteiger partial charge in [0.05, 0.1) is 23.1 Å². The van der Waals surface area contributed by atoms with E-state index in [0.717, 1.165) is 4.31 Å². The van der Waals surface area contributed by atoms with Crippen molar-refractivity contribution in [2.24, 2.45) is 0 Å². The van der Waals surface area contributed by atoms with Crippen molar-refractivity contribution in [3.63, 3.8) is 0 Å². The van der Waals surface area contributed by atoms with Gasteiger partial charge in [-0.1, -0.05) is 12.1 Å². The molecule has 0 bridgehead atoms. The van der Waals surface area contributed by atoms with Gasteiger partial charge in [-0.3, -0.25) is 14.1 Å². The van der Waals surface area contributed by atoms with Gasteiger partial charge in [0.25, 0.3) is 5.91 Å². The van der Waals surface area contributed by atoms with Crippen LogP contribution in [0.25, 0.3) is 10.9 Å². The number of benzene rings is 2. The number of nitrogens with zero attached hydrogens (tertiary/aromatic N) is 4. The molecule has 1 amide bonds. The van der Waals surface area contributed by atoms with Gasteiger partial charge >= 0.3 is 0 Å². The number of aromatic hydroxyl groups is 1. The lowest BCUT2D eigenvalue weighted by Gasteiger charge is -2.24. The molecule has 1 aliphatic heterocycles. The average Bonchev–Trinajstić information content (AvgIpc) is 3.11. The molecule has 2 aromatic carbocycles. The Bertz CT molecular complexity index is 1380. The molecule has 1 N–H and O–H groups in total. The van der Waals surface area contributed by atoms with Crippen LogP contribution in [0.4, 0.5) is 10.1 Å². The van der Waals surface area contributed by atoms with Crippen molar-refractivity contribution in [2.45, 2.75) is 25.9 Å². The van der Waals surface area contributed by atoms with Crippen molar-refractivity contribution in [2.75, 3.05) is 17.1 Å². The zero-order valence-electron chi connectivity index (χ0n) is 17.8. The minimum atomic E-state index is -3.81. The quantitative estimate of drug-likeness (QED) is 0.532. The Morgan fingerprint density at radius 1 is 1.27 bits per heavy atom. The fraction of sp³-hybridized carbons (Fsp3) is 0.261. The number of sulfonamides is 1. The molecule has 1 aliphatic rings. The maximum atomic E-state index is 13.3. The Morgan fingerprint density at radius 2 is 2.00 bits per heavy atom. The third-order valence-corrected chi connectivity index (χ3v) is 7.49. The van der Waals surface area contributed by atoms with Crippen LogP contribution in [0.2, 0.25) is 0 Å². The summed E-state index contributed by atoms with van der Waals surface area (Å²) in [6, 6.07) is 10.9. The first-order valence-corrected chi connectivity index (χ1v) is 11.9. The molecular weight excluding hydrogens is 447 g/mol. The first kappa shape index (κ1) is 22.5. The second-order valence-electron chi connectivity index (χ2n) is 7.78. The summed E-state index contributed by atoms with van der Waals surface area (Å²) in [6.07, 6.45) is 1.73. The zero-order chi connectivity index (χ0) is 23.8. The number of amides is 1. The van der Waals surface area contributed by atoms with Gasteiger partial charge in [-0.25, -0.2) is 12.8 Å². The normalized spacial score (nSPS) is 13.2. The Morgan fingerprint density at radius 3 is 2.70 bits per heavy atom. The van der Waals surface area contributed by atoms with Gasteiger partial charge in [0.2, 0.25) is 10.0 Å². The van der Waals surface area contributed by atoms with Gasteiger partial charge in [-0.2, -0.15) is 5.26 Å². The van der Waals surface area contributed by atoms with Gasteiger partial charge in [-0.05, 0) is 36.2 Å². The van der Waals surface area contributed by atoms with Crippen molar-refractivity contribution in [3.05, 3.63) is 65.1 Å². The lowest BCUT2D eigenvalue weighted by atomic mass is 10.0. The number of pyridine rings is 1. The minimum Gasteiger partial charge on any atom is -0.505 e. The molecule has 0 atom stereocenters. The summed E-state index contributed by atoms with van der Waals surface area (Å²) in [7, 11) is -2.41. The van der Waals surface area contributed by atoms with E-state index in [-0.39, 0.29) is 54.2 Å². The number of fused-ring (bicyclic) bond motifs is 2. The lowest BCUT2D eigenvalue weighted by molar-refractivity contribution is 0.0764. The number of carbonyl (C=O) groups is 1. The molecule has 1 aromatic heterocycles. The Hall–Kier alpha value is -3.71. The summed E-state index contributed by atoms with van der Waals surface area (Å²) in [5.74, 6) is -1.39. The molecule has 170 valence electrons. The van der Waals surface area contributed by atoms with E-state index in [4.69, 9.17) is 5.26 Å². The highest BCUT2D eigenvalue weighted by Crippen LogP contribution is 2.44. The van der Waals surface area contributed by atoms with Gasteiger partial charge in [0.1, 0.15) is 11.3 Å². The van der Waals surface area contributed by atoms with Gasteiger partial charge < -0.3 is 10.0 Å². The van der Waals surface area contributed by atoms with Crippen molar-refractivity contribution in [1.82, 2.24) is 9.88 Å². The van der Waals surface area contributed by atoms with Gasteiger partial charge in [0, 0.05) is 43.7 Å². The maximum Gasteiger partial charge on any atom is 0.258 e. The van der Waals surface area contributed by atoms with Gasteiger partial charge in [0.15, 0.2) is 5.75 Å². The van der Waals surface area contributed by atoms with E-state index in [2.05, 4.69) is 4.98 Å². The van der Waals surface area contributed by atoms with Crippen LogP contribution in [0.3, 0.4) is 0 Å². The maximum absolute atomic E-state index is 13.3. The largest absolute Gasteiger partial charge is 0.505 e. The predicted molar refractivity (Wildman–Crippen MR) is 120 cm³/mol. The number of anilines is 1. The topological polar surface area (TPSA) is 115 Å². The summed E-state index contributed by atoms with van der Waals surface area (Å²) in [5, 5.41) is 20.0. The molecule has 8 nitrogen and oxygen atoms in total. The fourth-order valence-corrected chi connectivity index (χ4v) is 5.31. The monoisotopic (exact) mass is 468 g/mol. The first-order chi connectivity index (χ1) is 15.7. The van der Waals surface area contributed by atoms with E-state index in [0.29, 0.717) is 16.5 Å². The standard InChI is InChI=1S/C23H21FN4O4S/c1-27(33(31,32)12-3-2-10-25)21-17-5-4-11-26-20(17)22(29)19-18(21)14-28(23(19)30)13-15-6-8-16(24)9-7-15/h4-9,11,29H,2-3,12-14H2,1H3. The number of unbranched alkanes of at least 4 members (excludes halogenated alkanes) is 1. The molecule has 0 saturated heterocycles. The highest BCUT2D eigenvalue weighted by molar-refractivity contribution is 7.92. The summed E-state index contributed by atoms with van der Waals surface area (Å²) in [6.45, 7) is 0.229. The highest BCUT2D eigenvalue weighted by atomic mass is 32.2. The van der Waals surface area contributed by atoms with Crippen LogP contribution in [-0.2, 0) is 23.1 Å². The molecular formula is C23H21FN4O4S. The number of rotatable bonds is 7. The smallest absolute Gasteiger partial charge is 0.258 e. The van der Waals surface area contributed by atoms with Crippen LogP contribution >= 0.6 is 0 Å². The number of phenolic OH excluding ortho intramolecular Hbond substituents is 1. The number of phenols is 1. The highest BCUT2D eigenvalue weighted by Gasteiger charge is 2.37. The van der Waals surface area contributed by atoms with Crippen molar-refractivity contribution in [1.29, 1.82) is 5.26 Å². The minimum absolute atomic E-state index is 0.0115. The van der Waals surface area contributed by atoms with Crippen LogP contribution in [0.15, 0.2) is 42.6 Å². The van der Waals surface area contributed by atoms with Crippen LogP contribution < -0.4 is 4.31 Å². The summed E-state index contributed by atoms with van der Waals surface area (Å²) >= 11 is 0. The number of aromatic nitrogens is 1. The summed E-state index contributed by atoms with van der Waals surface area (Å²) in [5.41, 5.74) is 1.49. The van der Waals surface area contributed by atoms with E-state index in [1.165, 1.54) is 30.3 Å². The third kappa shape index (κ3) is 4.07. The zero-order valence-corrected chi connectivity index (χ0v) is 18.6. The van der Waals surface area contributed by atoms with Crippen LogP contribution in [-0.4, -0.2) is 42.1 Å². The van der Waals surface area contributed by atoms with Gasteiger partial charge in [-0.15, -0.1) is 0 Å². The molecule has 0 radical (unpaired) electrons. The Balaban J connectivity index is 1.81. The van der Waals surface area contributed by atoms with Crippen molar-refractivity contribution >= 4 is 32.5 Å². The molecule has 0 spiro atoms. The molecule has 0 aliphatic carbocycles. The van der Waals surface area contributed by atoms with Crippen LogP contribution in [0, 0.1) is 17.1 Å². The van der Waals surface area contributed by atoms with E-state index in [1.54, 1.807) is 24.3 Å². The molecule has 10 heteroatoms. The number of hydrogen-bond donors (Lipinski definition) is 1. The van der Waals surface area contributed by atoms with Crippen LogP contribution in [0.5, 0.6) is 5.75 Å². The molecule has 2 heterocycles. The molecule has 0 saturated carbocycles. The van der Waals surface area contributed by atoms with Crippen LogP contribution in [0.1, 0.15) is 34.3 Å². The number of halogens is 1. The number of carbonyl (C=O) groups excluding carboxylic acids is 1. The average molecular weight is 469 g/mol.